The van der Waals surface area contributed by atoms with Crippen LogP contribution in [-0.2, 0) is 18.9 Å². The van der Waals surface area contributed by atoms with Crippen molar-refractivity contribution < 1.29 is 18.9 Å². The Kier molecular flexibility index (Phi) is 13.6. The van der Waals surface area contributed by atoms with Crippen LogP contribution in [0.2, 0.25) is 12.1 Å². The average molecular weight is 539 g/mol. The zero-order chi connectivity index (χ0) is 27.6. The molecular formula is C30H58O4Si2. The summed E-state index contributed by atoms with van der Waals surface area (Å²) in [6.45, 7) is 25.2. The lowest BCUT2D eigenvalue weighted by Crippen LogP contribution is -2.35. The van der Waals surface area contributed by atoms with Gasteiger partial charge in [-0.1, -0.05) is 59.6 Å². The van der Waals surface area contributed by atoms with Crippen LogP contribution in [0, 0.1) is 0 Å². The number of hydrogen-bond acceptors (Lipinski definition) is 4. The van der Waals surface area contributed by atoms with Crippen LogP contribution in [0.15, 0.2) is 24.3 Å². The minimum absolute atomic E-state index is 0.130. The zero-order valence-corrected chi connectivity index (χ0v) is 28.6. The van der Waals surface area contributed by atoms with Gasteiger partial charge in [0, 0.05) is 0 Å². The van der Waals surface area contributed by atoms with Gasteiger partial charge in [0.05, 0.1) is 41.4 Å². The third kappa shape index (κ3) is 18.7. The molecule has 0 aliphatic carbocycles. The molecule has 0 saturated carbocycles. The first-order chi connectivity index (χ1) is 16.3. The van der Waals surface area contributed by atoms with Crippen LogP contribution >= 0.6 is 0 Å². The standard InChI is InChI=1S/C30H58O4Si2/c1-27(2,3)31-25(32-28(4,5)6)15-13-21-35-23-17-19-24(20-18-23)36-22-14-16-26(33-29(7,8)9)34-30(10,11)12/h17-20,25-26H,13-16,21-22,35-36H2,1-12H3. The molecule has 0 atom stereocenters. The summed E-state index contributed by atoms with van der Waals surface area (Å²) in [4.78, 5) is 0. The van der Waals surface area contributed by atoms with Gasteiger partial charge in [-0.15, -0.1) is 0 Å². The van der Waals surface area contributed by atoms with Gasteiger partial charge >= 0.3 is 0 Å². The van der Waals surface area contributed by atoms with Gasteiger partial charge < -0.3 is 18.9 Å². The Morgan fingerprint density at radius 1 is 0.500 bits per heavy atom. The van der Waals surface area contributed by atoms with E-state index in [-0.39, 0.29) is 54.0 Å². The highest BCUT2D eigenvalue weighted by Crippen LogP contribution is 2.22. The quantitative estimate of drug-likeness (QED) is 0.176. The van der Waals surface area contributed by atoms with Crippen LogP contribution in [0.25, 0.3) is 0 Å². The Morgan fingerprint density at radius 3 is 0.972 bits per heavy atom. The lowest BCUT2D eigenvalue weighted by molar-refractivity contribution is -0.236. The average Bonchev–Trinajstić information content (AvgIpc) is 2.64. The SMILES string of the molecule is CC(C)(C)OC(CCC[SiH2]c1ccc([SiH2]CCCC(OC(C)(C)C)OC(C)(C)C)cc1)OC(C)(C)C. The Labute approximate surface area is 228 Å². The van der Waals surface area contributed by atoms with Crippen molar-refractivity contribution in [2.24, 2.45) is 0 Å². The van der Waals surface area contributed by atoms with Crippen molar-refractivity contribution in [1.29, 1.82) is 0 Å². The van der Waals surface area contributed by atoms with Gasteiger partial charge in [0.1, 0.15) is 0 Å². The first-order valence-corrected chi connectivity index (χ1v) is 17.5. The normalized spacial score (nSPS) is 14.4. The molecule has 0 heterocycles. The lowest BCUT2D eigenvalue weighted by atomic mass is 10.1. The lowest BCUT2D eigenvalue weighted by Gasteiger charge is -2.32. The van der Waals surface area contributed by atoms with Crippen molar-refractivity contribution in [3.63, 3.8) is 0 Å². The third-order valence-electron chi connectivity index (χ3n) is 5.27. The van der Waals surface area contributed by atoms with Crippen molar-refractivity contribution in [2.75, 3.05) is 0 Å². The molecule has 0 unspecified atom stereocenters. The molecule has 0 N–H and O–H groups in total. The van der Waals surface area contributed by atoms with Crippen LogP contribution in [0.1, 0.15) is 109 Å². The van der Waals surface area contributed by atoms with E-state index in [9.17, 15) is 0 Å². The predicted octanol–water partition coefficient (Wildman–Crippen LogP) is 5.58. The molecule has 0 radical (unpaired) electrons. The van der Waals surface area contributed by atoms with E-state index in [4.69, 9.17) is 18.9 Å². The van der Waals surface area contributed by atoms with Gasteiger partial charge in [-0.25, -0.2) is 0 Å². The molecule has 0 bridgehead atoms. The van der Waals surface area contributed by atoms with Gasteiger partial charge in [-0.2, -0.15) is 0 Å². The van der Waals surface area contributed by atoms with E-state index in [2.05, 4.69) is 107 Å². The fourth-order valence-electron chi connectivity index (χ4n) is 4.01. The summed E-state index contributed by atoms with van der Waals surface area (Å²) in [5.41, 5.74) is -0.749. The maximum absolute atomic E-state index is 6.17. The second-order valence-electron chi connectivity index (χ2n) is 14.1. The molecule has 6 heteroatoms. The predicted molar refractivity (Wildman–Crippen MR) is 162 cm³/mol. The van der Waals surface area contributed by atoms with E-state index in [0.717, 1.165) is 25.7 Å². The molecule has 0 amide bonds. The van der Waals surface area contributed by atoms with Crippen LogP contribution in [0.3, 0.4) is 0 Å². The van der Waals surface area contributed by atoms with Gasteiger partial charge in [0.25, 0.3) is 0 Å². The minimum Gasteiger partial charge on any atom is -0.347 e. The molecule has 0 aromatic heterocycles. The summed E-state index contributed by atoms with van der Waals surface area (Å²) in [5, 5.41) is 3.13. The third-order valence-corrected chi connectivity index (χ3v) is 9.08. The van der Waals surface area contributed by atoms with E-state index in [1.54, 1.807) is 10.4 Å². The van der Waals surface area contributed by atoms with Crippen molar-refractivity contribution in [1.82, 2.24) is 0 Å². The fourth-order valence-corrected chi connectivity index (χ4v) is 7.05. The number of benzene rings is 1. The van der Waals surface area contributed by atoms with E-state index in [1.807, 2.05) is 0 Å². The van der Waals surface area contributed by atoms with Crippen molar-refractivity contribution in [3.05, 3.63) is 24.3 Å². The molecular weight excluding hydrogens is 480 g/mol. The fraction of sp³-hybridized carbons (Fsp3) is 0.800. The highest BCUT2D eigenvalue weighted by Gasteiger charge is 2.25. The molecule has 1 aromatic carbocycles. The Morgan fingerprint density at radius 2 is 0.750 bits per heavy atom. The highest BCUT2D eigenvalue weighted by molar-refractivity contribution is 6.55. The maximum Gasteiger partial charge on any atom is 0.158 e. The second kappa shape index (κ2) is 14.6. The Bertz CT molecular complexity index is 627. The number of ether oxygens (including phenoxy) is 4. The number of rotatable bonds is 14. The zero-order valence-electron chi connectivity index (χ0n) is 25.8. The number of hydrogen-bond donors (Lipinski definition) is 0. The minimum atomic E-state index is -0.251. The first-order valence-electron chi connectivity index (χ1n) is 14.1. The summed E-state index contributed by atoms with van der Waals surface area (Å²) < 4.78 is 24.7. The van der Waals surface area contributed by atoms with Crippen molar-refractivity contribution in [3.8, 4) is 0 Å². The van der Waals surface area contributed by atoms with E-state index < -0.39 is 0 Å². The summed E-state index contributed by atoms with van der Waals surface area (Å²) in [6.07, 6.45) is 3.99. The van der Waals surface area contributed by atoms with Crippen LogP contribution < -0.4 is 10.4 Å². The molecule has 4 nitrogen and oxygen atoms in total. The first kappa shape index (κ1) is 33.5. The van der Waals surface area contributed by atoms with Crippen LogP contribution in [0.5, 0.6) is 0 Å². The highest BCUT2D eigenvalue weighted by atomic mass is 28.2. The van der Waals surface area contributed by atoms with Crippen molar-refractivity contribution >= 4 is 29.4 Å². The molecule has 0 spiro atoms. The van der Waals surface area contributed by atoms with Gasteiger partial charge in [-0.05, 0) is 95.9 Å². The topological polar surface area (TPSA) is 36.9 Å². The van der Waals surface area contributed by atoms with E-state index >= 15 is 0 Å². The summed E-state index contributed by atoms with van der Waals surface area (Å²) >= 11 is 0. The van der Waals surface area contributed by atoms with E-state index in [1.165, 1.54) is 12.1 Å². The van der Waals surface area contributed by atoms with E-state index in [0.29, 0.717) is 0 Å². The molecule has 0 fully saturated rings. The molecule has 1 aromatic rings. The second-order valence-corrected chi connectivity index (χ2v) is 18.1. The Hall–Kier alpha value is -0.506. The molecule has 0 aliphatic heterocycles. The summed E-state index contributed by atoms with van der Waals surface area (Å²) in [7, 11) is -0.501. The molecule has 0 aliphatic rings. The monoisotopic (exact) mass is 538 g/mol. The van der Waals surface area contributed by atoms with Gasteiger partial charge in [0.2, 0.25) is 0 Å². The molecule has 36 heavy (non-hydrogen) atoms. The maximum atomic E-state index is 6.17. The Balaban J connectivity index is 2.42. The summed E-state index contributed by atoms with van der Waals surface area (Å²) in [5.74, 6) is 0. The van der Waals surface area contributed by atoms with Crippen LogP contribution in [-0.4, -0.2) is 54.0 Å². The molecule has 210 valence electrons. The van der Waals surface area contributed by atoms with Gasteiger partial charge in [-0.3, -0.25) is 0 Å². The van der Waals surface area contributed by atoms with Crippen LogP contribution in [0.4, 0.5) is 0 Å². The van der Waals surface area contributed by atoms with Crippen molar-refractivity contribution in [2.45, 2.75) is 156 Å². The van der Waals surface area contributed by atoms with Gasteiger partial charge in [0.15, 0.2) is 12.6 Å². The largest absolute Gasteiger partial charge is 0.347 e. The molecule has 0 saturated heterocycles. The molecule has 1 rings (SSSR count). The summed E-state index contributed by atoms with van der Waals surface area (Å²) in [6, 6.07) is 12.1. The smallest absolute Gasteiger partial charge is 0.158 e.